The number of anilines is 2. The summed E-state index contributed by atoms with van der Waals surface area (Å²) in [5.74, 6) is 0.416. The van der Waals surface area contributed by atoms with E-state index in [4.69, 9.17) is 19.5 Å². The molecular weight excluding hydrogens is 582 g/mol. The third-order valence-corrected chi connectivity index (χ3v) is 9.47. The van der Waals surface area contributed by atoms with E-state index in [2.05, 4.69) is 57.1 Å². The molecule has 5 heterocycles. The van der Waals surface area contributed by atoms with Gasteiger partial charge >= 0.3 is 12.0 Å². The van der Waals surface area contributed by atoms with E-state index in [0.29, 0.717) is 50.4 Å². The molecule has 2 atom stereocenters. The summed E-state index contributed by atoms with van der Waals surface area (Å²) in [6.07, 6.45) is 5.08. The highest BCUT2D eigenvalue weighted by Gasteiger charge is 2.34. The highest BCUT2D eigenvalue weighted by molar-refractivity contribution is 5.92. The van der Waals surface area contributed by atoms with E-state index in [-0.39, 0.29) is 12.5 Å². The van der Waals surface area contributed by atoms with E-state index in [0.717, 1.165) is 66.0 Å². The number of nitrogens with one attached hydrogen (secondary N) is 1. The summed E-state index contributed by atoms with van der Waals surface area (Å²) in [6.45, 7) is 6.64. The Labute approximate surface area is 268 Å². The molecule has 1 unspecified atom stereocenters. The van der Waals surface area contributed by atoms with E-state index in [1.165, 1.54) is 5.56 Å². The van der Waals surface area contributed by atoms with Crippen LogP contribution in [-0.2, 0) is 17.8 Å². The number of likely N-dealkylation sites (tertiary alicyclic amines) is 1. The van der Waals surface area contributed by atoms with Gasteiger partial charge in [0, 0.05) is 36.6 Å². The van der Waals surface area contributed by atoms with Crippen molar-refractivity contribution in [1.82, 2.24) is 30.1 Å². The molecule has 0 spiro atoms. The number of H-pyrrole nitrogens is 1. The molecule has 0 saturated carbocycles. The molecule has 12 nitrogen and oxygen atoms in total. The average molecular weight is 622 g/mol. The lowest BCUT2D eigenvalue weighted by atomic mass is 10.0. The molecule has 0 aliphatic carbocycles. The zero-order chi connectivity index (χ0) is 31.6. The Hall–Kier alpha value is -4.73. The predicted molar refractivity (Wildman–Crippen MR) is 174 cm³/mol. The van der Waals surface area contributed by atoms with Crippen LogP contribution in [0.1, 0.15) is 46.4 Å². The zero-order valence-electron chi connectivity index (χ0n) is 26.4. The predicted octanol–water partition coefficient (Wildman–Crippen LogP) is 3.87. The van der Waals surface area contributed by atoms with Gasteiger partial charge < -0.3 is 24.3 Å². The van der Waals surface area contributed by atoms with Crippen molar-refractivity contribution in [2.45, 2.75) is 51.2 Å². The third kappa shape index (κ3) is 5.96. The Morgan fingerprint density at radius 3 is 2.74 bits per heavy atom. The van der Waals surface area contributed by atoms with Gasteiger partial charge in [-0.15, -0.1) is 5.06 Å². The number of aryl methyl sites for hydroxylation is 1. The van der Waals surface area contributed by atoms with Crippen molar-refractivity contribution >= 4 is 28.4 Å². The molecule has 2 saturated heterocycles. The molecule has 238 valence electrons. The van der Waals surface area contributed by atoms with Crippen molar-refractivity contribution in [3.8, 4) is 12.1 Å². The summed E-state index contributed by atoms with van der Waals surface area (Å²) in [7, 11) is 2.13. The fraction of sp³-hybridized carbons (Fsp3) is 0.441. The molecular formula is C34H39N9O3. The second-order valence-corrected chi connectivity index (χ2v) is 12.4. The van der Waals surface area contributed by atoms with Gasteiger partial charge in [-0.1, -0.05) is 30.3 Å². The van der Waals surface area contributed by atoms with Gasteiger partial charge in [0.25, 0.3) is 0 Å². The second kappa shape index (κ2) is 12.9. The summed E-state index contributed by atoms with van der Waals surface area (Å²) in [4.78, 5) is 35.6. The van der Waals surface area contributed by atoms with Gasteiger partial charge in [-0.2, -0.15) is 20.3 Å². The maximum atomic E-state index is 12.9. The van der Waals surface area contributed by atoms with Crippen LogP contribution in [0.15, 0.2) is 48.7 Å². The quantitative estimate of drug-likeness (QED) is 0.308. The lowest BCUT2D eigenvalue weighted by Crippen LogP contribution is -2.54. The average Bonchev–Trinajstić information content (AvgIpc) is 3.73. The Balaban J connectivity index is 1.17. The van der Waals surface area contributed by atoms with Crippen LogP contribution < -0.4 is 14.5 Å². The highest BCUT2D eigenvalue weighted by atomic mass is 16.7. The minimum absolute atomic E-state index is 0.213. The van der Waals surface area contributed by atoms with Crippen LogP contribution in [0.4, 0.5) is 11.5 Å². The van der Waals surface area contributed by atoms with E-state index < -0.39 is 5.97 Å². The van der Waals surface area contributed by atoms with E-state index in [9.17, 15) is 10.1 Å². The molecule has 46 heavy (non-hydrogen) atoms. The molecule has 3 aliphatic heterocycles. The van der Waals surface area contributed by atoms with Crippen LogP contribution >= 0.6 is 0 Å². The van der Waals surface area contributed by atoms with Gasteiger partial charge in [-0.05, 0) is 57.5 Å². The Bertz CT molecular complexity index is 1750. The molecule has 4 aromatic rings. The minimum atomic E-state index is -0.424. The van der Waals surface area contributed by atoms with Gasteiger partial charge in [-0.3, -0.25) is 5.10 Å². The number of aromatic nitrogens is 4. The summed E-state index contributed by atoms with van der Waals surface area (Å²) in [6, 6.07) is 15.9. The number of carbonyl (C=O) groups excluding carboxylic acids is 1. The van der Waals surface area contributed by atoms with Gasteiger partial charge in [0.05, 0.1) is 60.3 Å². The maximum Gasteiger partial charge on any atom is 0.357 e. The van der Waals surface area contributed by atoms with Crippen LogP contribution in [0.5, 0.6) is 6.01 Å². The van der Waals surface area contributed by atoms with Crippen molar-refractivity contribution in [3.63, 3.8) is 0 Å². The Morgan fingerprint density at radius 1 is 1.07 bits per heavy atom. The number of aromatic amines is 1. The summed E-state index contributed by atoms with van der Waals surface area (Å²) in [5, 5.41) is 19.9. The first kappa shape index (κ1) is 30.0. The van der Waals surface area contributed by atoms with Crippen molar-refractivity contribution in [2.24, 2.45) is 0 Å². The smallest absolute Gasteiger partial charge is 0.357 e. The number of nitriles is 1. The molecule has 2 fully saturated rings. The highest BCUT2D eigenvalue weighted by Crippen LogP contribution is 2.36. The molecule has 12 heteroatoms. The molecule has 2 aromatic heterocycles. The largest absolute Gasteiger partial charge is 0.462 e. The normalized spacial score (nSPS) is 20.5. The zero-order valence-corrected chi connectivity index (χ0v) is 26.4. The molecule has 2 aromatic carbocycles. The van der Waals surface area contributed by atoms with Crippen molar-refractivity contribution < 1.29 is 14.4 Å². The Morgan fingerprint density at radius 2 is 1.93 bits per heavy atom. The maximum absolute atomic E-state index is 12.9. The molecule has 0 bridgehead atoms. The number of nitrogens with zero attached hydrogens (tertiary/aromatic N) is 8. The number of piperazine rings is 1. The fourth-order valence-electron chi connectivity index (χ4n) is 6.93. The molecule has 3 aliphatic rings. The SMILES string of the molecule is Cc1ccc2cn[nH]c2c1N1CCc2c(nc(OC[C@@H]3CCCN3C)nc2N2CCN(OC(=O)c3ccccc3)C(CC#N)C2)C1. The lowest BCUT2D eigenvalue weighted by molar-refractivity contribution is -0.140. The van der Waals surface area contributed by atoms with Crippen molar-refractivity contribution in [3.05, 3.63) is 71.0 Å². The number of carbonyl (C=O) groups is 1. The second-order valence-electron chi connectivity index (χ2n) is 12.4. The number of hydroxylamine groups is 2. The van der Waals surface area contributed by atoms with Crippen LogP contribution in [-0.4, -0.2) is 94.6 Å². The molecule has 7 rings (SSSR count). The topological polar surface area (TPSA) is 127 Å². The number of hydrogen-bond acceptors (Lipinski definition) is 11. The fourth-order valence-corrected chi connectivity index (χ4v) is 6.93. The minimum Gasteiger partial charge on any atom is -0.462 e. The molecule has 0 amide bonds. The van der Waals surface area contributed by atoms with Crippen LogP contribution in [0, 0.1) is 18.3 Å². The molecule has 0 radical (unpaired) electrons. The van der Waals surface area contributed by atoms with Crippen molar-refractivity contribution in [1.29, 1.82) is 5.26 Å². The van der Waals surface area contributed by atoms with Gasteiger partial charge in [0.15, 0.2) is 0 Å². The first-order valence-corrected chi connectivity index (χ1v) is 16.0. The summed E-state index contributed by atoms with van der Waals surface area (Å²) >= 11 is 0. The van der Waals surface area contributed by atoms with Crippen LogP contribution in [0.3, 0.4) is 0 Å². The van der Waals surface area contributed by atoms with E-state index in [1.54, 1.807) is 17.2 Å². The number of likely N-dealkylation sites (N-methyl/N-ethyl adjacent to an activating group) is 1. The number of hydrogen-bond donors (Lipinski definition) is 1. The van der Waals surface area contributed by atoms with E-state index in [1.807, 2.05) is 24.4 Å². The number of rotatable bonds is 8. The standard InChI is InChI=1S/C34H39N9O3/c1-23-10-11-25-19-36-39-30(25)31(23)41-16-13-28-29(21-41)37-34(45-22-27-9-6-15-40(27)2)38-32(28)42-17-18-43(26(20-42)12-14-35)46-33(44)24-7-4-3-5-8-24/h3-5,7-8,10-11,19,26-27H,6,9,12-13,15-18,20-22H2,1-2H3,(H,36,39)/t26?,27-/m0/s1. The van der Waals surface area contributed by atoms with Gasteiger partial charge in [-0.25, -0.2) is 4.79 Å². The monoisotopic (exact) mass is 621 g/mol. The van der Waals surface area contributed by atoms with Crippen molar-refractivity contribution in [2.75, 3.05) is 56.2 Å². The Kier molecular flexibility index (Phi) is 8.43. The van der Waals surface area contributed by atoms with Crippen LogP contribution in [0.2, 0.25) is 0 Å². The molecule has 1 N–H and O–H groups in total. The van der Waals surface area contributed by atoms with E-state index >= 15 is 0 Å². The van der Waals surface area contributed by atoms with Gasteiger partial charge in [0.2, 0.25) is 0 Å². The summed E-state index contributed by atoms with van der Waals surface area (Å²) in [5.41, 5.74) is 5.86. The lowest BCUT2D eigenvalue weighted by Gasteiger charge is -2.41. The first-order valence-electron chi connectivity index (χ1n) is 16.0. The number of ether oxygens (including phenoxy) is 1. The number of fused-ring (bicyclic) bond motifs is 2. The first-order chi connectivity index (χ1) is 22.5. The van der Waals surface area contributed by atoms with Crippen LogP contribution in [0.25, 0.3) is 10.9 Å². The third-order valence-electron chi connectivity index (χ3n) is 9.47. The summed E-state index contributed by atoms with van der Waals surface area (Å²) < 4.78 is 6.32. The van der Waals surface area contributed by atoms with Gasteiger partial charge in [0.1, 0.15) is 12.4 Å². The number of benzene rings is 2.